The van der Waals surface area contributed by atoms with Crippen LogP contribution in [0.5, 0.6) is 0 Å². The summed E-state index contributed by atoms with van der Waals surface area (Å²) in [6, 6.07) is 18.4. The van der Waals surface area contributed by atoms with Gasteiger partial charge in [-0.3, -0.25) is 19.4 Å². The SMILES string of the molecule is C=CCN(c1ccccc1)S(=O)(=O)c1cccc(C(=O)Nc2nc(-c3cccnc3)cs2)c1. The third-order valence-corrected chi connectivity index (χ3v) is 7.25. The first-order valence-corrected chi connectivity index (χ1v) is 12.3. The van der Waals surface area contributed by atoms with Gasteiger partial charge in [0.1, 0.15) is 0 Å². The summed E-state index contributed by atoms with van der Waals surface area (Å²) in [7, 11) is -3.91. The molecule has 1 amide bonds. The van der Waals surface area contributed by atoms with Crippen molar-refractivity contribution in [3.05, 3.63) is 103 Å². The van der Waals surface area contributed by atoms with E-state index in [1.807, 2.05) is 23.6 Å². The van der Waals surface area contributed by atoms with Crippen molar-refractivity contribution in [2.24, 2.45) is 0 Å². The number of carbonyl (C=O) groups excluding carboxylic acids is 1. The maximum absolute atomic E-state index is 13.3. The van der Waals surface area contributed by atoms with Crippen LogP contribution in [-0.4, -0.2) is 30.8 Å². The Hall–Kier alpha value is -3.82. The number of pyridine rings is 1. The van der Waals surface area contributed by atoms with E-state index >= 15 is 0 Å². The average molecular weight is 477 g/mol. The molecule has 166 valence electrons. The van der Waals surface area contributed by atoms with Crippen LogP contribution < -0.4 is 9.62 Å². The molecule has 0 fully saturated rings. The van der Waals surface area contributed by atoms with Gasteiger partial charge in [0.25, 0.3) is 15.9 Å². The fourth-order valence-electron chi connectivity index (χ4n) is 3.13. The average Bonchev–Trinajstić information content (AvgIpc) is 3.32. The Morgan fingerprint density at radius 1 is 1.09 bits per heavy atom. The fraction of sp³-hybridized carbons (Fsp3) is 0.0417. The quantitative estimate of drug-likeness (QED) is 0.368. The van der Waals surface area contributed by atoms with Crippen LogP contribution >= 0.6 is 11.3 Å². The summed E-state index contributed by atoms with van der Waals surface area (Å²) in [4.78, 5) is 21.3. The molecule has 0 saturated heterocycles. The van der Waals surface area contributed by atoms with E-state index in [9.17, 15) is 13.2 Å². The molecule has 0 unspecified atom stereocenters. The summed E-state index contributed by atoms with van der Waals surface area (Å²) in [5, 5.41) is 4.96. The van der Waals surface area contributed by atoms with Gasteiger partial charge < -0.3 is 0 Å². The number of hydrogen-bond acceptors (Lipinski definition) is 6. The van der Waals surface area contributed by atoms with Gasteiger partial charge in [0.05, 0.1) is 22.8 Å². The summed E-state index contributed by atoms with van der Waals surface area (Å²) in [5.74, 6) is -0.450. The molecule has 9 heteroatoms. The number of anilines is 2. The van der Waals surface area contributed by atoms with Gasteiger partial charge in [-0.15, -0.1) is 17.9 Å². The minimum Gasteiger partial charge on any atom is -0.298 e. The smallest absolute Gasteiger partial charge is 0.264 e. The van der Waals surface area contributed by atoms with Crippen molar-refractivity contribution in [1.29, 1.82) is 0 Å². The predicted molar refractivity (Wildman–Crippen MR) is 131 cm³/mol. The van der Waals surface area contributed by atoms with Crippen LogP contribution in [0.2, 0.25) is 0 Å². The van der Waals surface area contributed by atoms with Gasteiger partial charge in [0.15, 0.2) is 5.13 Å². The van der Waals surface area contributed by atoms with Gasteiger partial charge in [0, 0.05) is 28.9 Å². The van der Waals surface area contributed by atoms with E-state index in [1.165, 1.54) is 33.9 Å². The van der Waals surface area contributed by atoms with Gasteiger partial charge in [0.2, 0.25) is 0 Å². The largest absolute Gasteiger partial charge is 0.298 e. The highest BCUT2D eigenvalue weighted by atomic mass is 32.2. The third-order valence-electron chi connectivity index (χ3n) is 4.71. The highest BCUT2D eigenvalue weighted by molar-refractivity contribution is 7.92. The third kappa shape index (κ3) is 5.00. The number of sulfonamides is 1. The summed E-state index contributed by atoms with van der Waals surface area (Å²) in [5.41, 5.74) is 2.26. The number of para-hydroxylation sites is 1. The molecule has 0 saturated carbocycles. The minimum absolute atomic E-state index is 0.0102. The molecule has 0 radical (unpaired) electrons. The first-order valence-electron chi connectivity index (χ1n) is 9.95. The number of nitrogens with zero attached hydrogens (tertiary/aromatic N) is 3. The van der Waals surface area contributed by atoms with Crippen molar-refractivity contribution in [3.8, 4) is 11.3 Å². The van der Waals surface area contributed by atoms with Crippen molar-refractivity contribution in [2.75, 3.05) is 16.2 Å². The van der Waals surface area contributed by atoms with Crippen LogP contribution in [-0.2, 0) is 10.0 Å². The van der Waals surface area contributed by atoms with Crippen LogP contribution in [0, 0.1) is 0 Å². The molecule has 0 aliphatic rings. The van der Waals surface area contributed by atoms with E-state index in [1.54, 1.807) is 48.8 Å². The zero-order chi connectivity index (χ0) is 23.3. The number of amides is 1. The molecule has 2 aromatic carbocycles. The number of rotatable bonds is 8. The normalized spacial score (nSPS) is 11.0. The molecule has 0 aliphatic heterocycles. The predicted octanol–water partition coefficient (Wildman–Crippen LogP) is 4.84. The van der Waals surface area contributed by atoms with Crippen molar-refractivity contribution in [3.63, 3.8) is 0 Å². The van der Waals surface area contributed by atoms with Gasteiger partial charge >= 0.3 is 0 Å². The molecule has 7 nitrogen and oxygen atoms in total. The van der Waals surface area contributed by atoms with Crippen LogP contribution in [0.1, 0.15) is 10.4 Å². The van der Waals surface area contributed by atoms with Crippen LogP contribution in [0.25, 0.3) is 11.3 Å². The number of carbonyl (C=O) groups is 1. The fourth-order valence-corrected chi connectivity index (χ4v) is 5.32. The number of hydrogen-bond donors (Lipinski definition) is 1. The van der Waals surface area contributed by atoms with Gasteiger partial charge in [-0.05, 0) is 42.5 Å². The van der Waals surface area contributed by atoms with Gasteiger partial charge in [-0.25, -0.2) is 13.4 Å². The second-order valence-corrected chi connectivity index (χ2v) is 9.64. The topological polar surface area (TPSA) is 92.3 Å². The standard InChI is InChI=1S/C24H20N4O3S2/c1-2-14-28(20-10-4-3-5-11-20)33(30,31)21-12-6-8-18(15-21)23(29)27-24-26-22(17-32-24)19-9-7-13-25-16-19/h2-13,15-17H,1,14H2,(H,26,27,29). The lowest BCUT2D eigenvalue weighted by Gasteiger charge is -2.23. The highest BCUT2D eigenvalue weighted by Crippen LogP contribution is 2.26. The molecule has 2 heterocycles. The Bertz CT molecular complexity index is 1370. The van der Waals surface area contributed by atoms with Gasteiger partial charge in [-0.2, -0.15) is 0 Å². The Kier molecular flexibility index (Phi) is 6.62. The van der Waals surface area contributed by atoms with E-state index in [0.29, 0.717) is 16.5 Å². The summed E-state index contributed by atoms with van der Waals surface area (Å²) in [6.45, 7) is 3.77. The molecule has 0 aliphatic carbocycles. The maximum atomic E-state index is 13.3. The molecule has 2 aromatic heterocycles. The Balaban J connectivity index is 1.58. The van der Waals surface area contributed by atoms with Crippen LogP contribution in [0.4, 0.5) is 10.8 Å². The molecule has 0 bridgehead atoms. The molecule has 4 rings (SSSR count). The number of nitrogens with one attached hydrogen (secondary N) is 1. The van der Waals surface area contributed by atoms with Crippen molar-refractivity contribution < 1.29 is 13.2 Å². The molecule has 4 aromatic rings. The molecular formula is C24H20N4O3S2. The molecule has 33 heavy (non-hydrogen) atoms. The molecular weight excluding hydrogens is 456 g/mol. The van der Waals surface area contributed by atoms with Crippen LogP contribution in [0.3, 0.4) is 0 Å². The van der Waals surface area contributed by atoms with Crippen molar-refractivity contribution in [1.82, 2.24) is 9.97 Å². The van der Waals surface area contributed by atoms with E-state index in [4.69, 9.17) is 0 Å². The first kappa shape index (κ1) is 22.4. The maximum Gasteiger partial charge on any atom is 0.264 e. The zero-order valence-electron chi connectivity index (χ0n) is 17.5. The summed E-state index contributed by atoms with van der Waals surface area (Å²) >= 11 is 1.28. The monoisotopic (exact) mass is 476 g/mol. The highest BCUT2D eigenvalue weighted by Gasteiger charge is 2.25. The van der Waals surface area contributed by atoms with Crippen molar-refractivity contribution >= 4 is 38.1 Å². The Morgan fingerprint density at radius 3 is 2.64 bits per heavy atom. The Morgan fingerprint density at radius 2 is 1.91 bits per heavy atom. The lowest BCUT2D eigenvalue weighted by molar-refractivity contribution is 0.102. The molecule has 0 spiro atoms. The van der Waals surface area contributed by atoms with Crippen LogP contribution in [0.15, 0.2) is 102 Å². The number of thiazole rings is 1. The lowest BCUT2D eigenvalue weighted by Crippen LogP contribution is -2.31. The summed E-state index contributed by atoms with van der Waals surface area (Å²) < 4.78 is 27.9. The van der Waals surface area contributed by atoms with E-state index in [0.717, 1.165) is 5.56 Å². The lowest BCUT2D eigenvalue weighted by atomic mass is 10.2. The van der Waals surface area contributed by atoms with E-state index < -0.39 is 15.9 Å². The number of benzene rings is 2. The zero-order valence-corrected chi connectivity index (χ0v) is 19.1. The minimum atomic E-state index is -3.91. The molecule has 0 atom stereocenters. The number of aromatic nitrogens is 2. The first-order chi connectivity index (χ1) is 16.0. The Labute approximate surface area is 196 Å². The van der Waals surface area contributed by atoms with Crippen molar-refractivity contribution in [2.45, 2.75) is 4.90 Å². The second-order valence-electron chi connectivity index (χ2n) is 6.92. The van der Waals surface area contributed by atoms with E-state index in [-0.39, 0.29) is 17.0 Å². The second kappa shape index (κ2) is 9.76. The van der Waals surface area contributed by atoms with E-state index in [2.05, 4.69) is 21.9 Å². The molecule has 1 N–H and O–H groups in total. The van der Waals surface area contributed by atoms with Gasteiger partial charge in [-0.1, -0.05) is 30.3 Å². The summed E-state index contributed by atoms with van der Waals surface area (Å²) in [6.07, 6.45) is 4.88.